The molecule has 2 saturated heterocycles. The Morgan fingerprint density at radius 3 is 2.02 bits per heavy atom. The minimum absolute atomic E-state index is 0.112. The summed E-state index contributed by atoms with van der Waals surface area (Å²) >= 11 is 7.40. The smallest absolute Gasteiger partial charge is 0.176 e. The van der Waals surface area contributed by atoms with E-state index in [0.717, 1.165) is 68.5 Å². The molecule has 3 fully saturated rings. The average Bonchev–Trinajstić information content (AvgIpc) is 3.95. The maximum absolute atomic E-state index is 11.0. The topological polar surface area (TPSA) is 42.4 Å². The summed E-state index contributed by atoms with van der Waals surface area (Å²) in [5, 5.41) is 12.6. The van der Waals surface area contributed by atoms with Gasteiger partial charge in [0.05, 0.1) is 23.5 Å². The van der Waals surface area contributed by atoms with E-state index < -0.39 is 0 Å². The quantitative estimate of drug-likeness (QED) is 0.132. The van der Waals surface area contributed by atoms with Crippen LogP contribution in [-0.4, -0.2) is 32.7 Å². The first-order valence-corrected chi connectivity index (χ1v) is 22.1. The predicted octanol–water partition coefficient (Wildman–Crippen LogP) is 14.0. The lowest BCUT2D eigenvalue weighted by atomic mass is 9.84. The van der Waals surface area contributed by atoms with E-state index in [9.17, 15) is 5.11 Å². The molecule has 3 heterocycles. The summed E-state index contributed by atoms with van der Waals surface area (Å²) in [6.07, 6.45) is 4.99. The first-order valence-electron chi connectivity index (χ1n) is 21.8. The number of piperidine rings is 1. The second kappa shape index (κ2) is 15.1. The number of benzene rings is 7. The van der Waals surface area contributed by atoms with Gasteiger partial charge in [-0.3, -0.25) is 4.98 Å². The summed E-state index contributed by atoms with van der Waals surface area (Å²) in [7, 11) is 0. The number of rotatable bonds is 11. The third kappa shape index (κ3) is 6.18. The molecule has 1 N–H and O–H groups in total. The van der Waals surface area contributed by atoms with Crippen LogP contribution in [0.4, 0.5) is 0 Å². The summed E-state index contributed by atoms with van der Waals surface area (Å²) in [5.41, 5.74) is 12.4. The van der Waals surface area contributed by atoms with Gasteiger partial charge in [0.2, 0.25) is 0 Å². The highest BCUT2D eigenvalue weighted by molar-refractivity contribution is 6.34. The van der Waals surface area contributed by atoms with E-state index in [1.165, 1.54) is 40.7 Å². The molecule has 0 amide bonds. The van der Waals surface area contributed by atoms with E-state index in [2.05, 4.69) is 153 Å². The first-order chi connectivity index (χ1) is 30.0. The van der Waals surface area contributed by atoms with Gasteiger partial charge in [0, 0.05) is 46.5 Å². The summed E-state index contributed by atoms with van der Waals surface area (Å²) in [5.74, 6) is 2.25. The van der Waals surface area contributed by atoms with Crippen LogP contribution < -0.4 is 4.74 Å². The molecule has 8 aromatic rings. The lowest BCUT2D eigenvalue weighted by Crippen LogP contribution is -2.71. The van der Waals surface area contributed by atoms with Crippen LogP contribution in [-0.2, 0) is 6.54 Å². The lowest BCUT2D eigenvalue weighted by molar-refractivity contribution is -1.03. The molecule has 7 aromatic carbocycles. The highest BCUT2D eigenvalue weighted by atomic mass is 35.5. The van der Waals surface area contributed by atoms with Gasteiger partial charge in [0.1, 0.15) is 29.6 Å². The van der Waals surface area contributed by atoms with Crippen molar-refractivity contribution >= 4 is 22.5 Å². The van der Waals surface area contributed by atoms with Gasteiger partial charge in [0.25, 0.3) is 0 Å². The van der Waals surface area contributed by atoms with Gasteiger partial charge in [-0.2, -0.15) is 0 Å². The number of phenolic OH excluding ortho intramolecular Hbond substituents is 1. The van der Waals surface area contributed by atoms with Crippen LogP contribution in [0.1, 0.15) is 43.4 Å². The third-order valence-electron chi connectivity index (χ3n) is 14.6. The number of quaternary nitrogens is 1. The number of fused-ring (bicyclic) bond motifs is 1. The number of hydrogen-bond donors (Lipinski definition) is 1. The van der Waals surface area contributed by atoms with E-state index in [0.29, 0.717) is 16.9 Å². The molecular formula is C56H48ClN2O2+. The number of halogens is 1. The van der Waals surface area contributed by atoms with Crippen LogP contribution in [0, 0.1) is 11.8 Å². The molecule has 0 bridgehead atoms. The molecular weight excluding hydrogens is 768 g/mol. The van der Waals surface area contributed by atoms with Crippen LogP contribution in [0.15, 0.2) is 182 Å². The SMILES string of the molecule is CCC1C2CC([C@@H](Oc3cc(-c4ccccc4)cc(Cl)c3-c3ccccc3)c3ccnc4ccc(O)cc34)[N+]3(Cc4cc(-c5ccccc5)ccc4-c4ccccc4)CCC123. The lowest BCUT2D eigenvalue weighted by Gasteiger charge is -2.57. The molecule has 1 spiro atoms. The van der Waals surface area contributed by atoms with E-state index in [-0.39, 0.29) is 23.4 Å². The van der Waals surface area contributed by atoms with Crippen molar-refractivity contribution in [3.63, 3.8) is 0 Å². The van der Waals surface area contributed by atoms with E-state index in [1.54, 1.807) is 6.07 Å². The Bertz CT molecular complexity index is 2890. The Labute approximate surface area is 363 Å². The molecule has 4 nitrogen and oxygen atoms in total. The number of nitrogens with zero attached hydrogens (tertiary/aromatic N) is 2. The second-order valence-corrected chi connectivity index (χ2v) is 17.8. The zero-order valence-electron chi connectivity index (χ0n) is 34.3. The number of ether oxygens (including phenoxy) is 1. The molecule has 5 heteroatoms. The maximum atomic E-state index is 11.0. The fraction of sp³-hybridized carbons (Fsp3) is 0.196. The Morgan fingerprint density at radius 2 is 1.36 bits per heavy atom. The summed E-state index contributed by atoms with van der Waals surface area (Å²) in [6, 6.07) is 61.6. The van der Waals surface area contributed by atoms with E-state index in [4.69, 9.17) is 21.3 Å². The molecule has 3 aliphatic rings. The number of phenols is 1. The number of pyridine rings is 1. The van der Waals surface area contributed by atoms with Gasteiger partial charge in [-0.05, 0) is 87.8 Å². The zero-order valence-corrected chi connectivity index (χ0v) is 35.0. The Balaban J connectivity index is 1.12. The van der Waals surface area contributed by atoms with Crippen molar-refractivity contribution in [2.45, 2.75) is 50.4 Å². The van der Waals surface area contributed by atoms with Crippen molar-refractivity contribution < 1.29 is 14.3 Å². The van der Waals surface area contributed by atoms with Crippen LogP contribution >= 0.6 is 11.6 Å². The van der Waals surface area contributed by atoms with Crippen LogP contribution in [0.3, 0.4) is 0 Å². The molecule has 61 heavy (non-hydrogen) atoms. The largest absolute Gasteiger partial charge is 0.508 e. The molecule has 0 radical (unpaired) electrons. The monoisotopic (exact) mass is 815 g/mol. The van der Waals surface area contributed by atoms with Gasteiger partial charge < -0.3 is 14.3 Å². The summed E-state index contributed by atoms with van der Waals surface area (Å²) in [6.45, 7) is 4.36. The van der Waals surface area contributed by atoms with Crippen LogP contribution in [0.25, 0.3) is 55.4 Å². The summed E-state index contributed by atoms with van der Waals surface area (Å²) < 4.78 is 8.78. The zero-order chi connectivity index (χ0) is 41.1. The molecule has 2 aliphatic heterocycles. The minimum atomic E-state index is -0.378. The number of aromatic hydroxyl groups is 1. The highest BCUT2D eigenvalue weighted by Gasteiger charge is 2.87. The van der Waals surface area contributed by atoms with E-state index in [1.807, 2.05) is 30.5 Å². The molecule has 6 atom stereocenters. The Kier molecular flexibility index (Phi) is 9.33. The Morgan fingerprint density at radius 1 is 0.705 bits per heavy atom. The van der Waals surface area contributed by atoms with Crippen LogP contribution in [0.5, 0.6) is 11.5 Å². The molecule has 300 valence electrons. The van der Waals surface area contributed by atoms with Gasteiger partial charge in [-0.1, -0.05) is 152 Å². The maximum Gasteiger partial charge on any atom is 0.176 e. The third-order valence-corrected chi connectivity index (χ3v) is 14.9. The standard InChI is InChI=1S/C56H47ClN2O2/c1-2-48-49-35-52(59(30-28-56(48,49)59)36-43-31-41(37-15-7-3-8-16-37)23-25-45(43)39-19-11-5-12-20-39)55(46-27-29-58-51-26-24-44(60)34-47(46)51)61-53-33-42(38-17-9-4-10-18-38)32-50(57)54(53)40-21-13-6-14-22-40/h3-27,29,31-34,48-49,52,55H,2,28,30,35-36H2,1H3/p+1/t48?,49?,52?,55-,56?,59?/m0/s1. The molecule has 1 saturated carbocycles. The summed E-state index contributed by atoms with van der Waals surface area (Å²) in [4.78, 5) is 4.80. The first kappa shape index (κ1) is 37.8. The highest BCUT2D eigenvalue weighted by Crippen LogP contribution is 2.76. The normalized spacial score (nSPS) is 22.8. The fourth-order valence-electron chi connectivity index (χ4n) is 11.9. The van der Waals surface area contributed by atoms with Crippen LogP contribution in [0.2, 0.25) is 5.02 Å². The van der Waals surface area contributed by atoms with Gasteiger partial charge in [-0.25, -0.2) is 0 Å². The van der Waals surface area contributed by atoms with Crippen molar-refractivity contribution in [2.75, 3.05) is 6.54 Å². The average molecular weight is 816 g/mol. The van der Waals surface area contributed by atoms with Crippen molar-refractivity contribution in [3.05, 3.63) is 198 Å². The molecule has 1 aromatic heterocycles. The molecule has 11 rings (SSSR count). The predicted molar refractivity (Wildman–Crippen MR) is 248 cm³/mol. The second-order valence-electron chi connectivity index (χ2n) is 17.4. The van der Waals surface area contributed by atoms with E-state index >= 15 is 0 Å². The molecule has 1 aliphatic carbocycles. The number of aromatic nitrogens is 1. The minimum Gasteiger partial charge on any atom is -0.508 e. The Hall–Kier alpha value is -6.20. The van der Waals surface area contributed by atoms with Gasteiger partial charge in [0.15, 0.2) is 6.10 Å². The fourth-order valence-corrected chi connectivity index (χ4v) is 12.2. The van der Waals surface area contributed by atoms with Crippen molar-refractivity contribution in [1.82, 2.24) is 4.98 Å². The van der Waals surface area contributed by atoms with Crippen molar-refractivity contribution in [2.24, 2.45) is 11.8 Å². The van der Waals surface area contributed by atoms with Crippen molar-refractivity contribution in [1.29, 1.82) is 0 Å². The molecule has 5 unspecified atom stereocenters. The van der Waals surface area contributed by atoms with Gasteiger partial charge >= 0.3 is 0 Å². The number of hydrogen-bond acceptors (Lipinski definition) is 3. The van der Waals surface area contributed by atoms with Crippen molar-refractivity contribution in [3.8, 4) is 56.0 Å². The van der Waals surface area contributed by atoms with Gasteiger partial charge in [-0.15, -0.1) is 0 Å².